The molecule has 0 aliphatic carbocycles. The Morgan fingerprint density at radius 2 is 1.93 bits per heavy atom. The van der Waals surface area contributed by atoms with Crippen molar-refractivity contribution in [2.75, 3.05) is 26.4 Å². The van der Waals surface area contributed by atoms with Gasteiger partial charge in [-0.15, -0.1) is 6.42 Å². The minimum absolute atomic E-state index is 0.124. The van der Waals surface area contributed by atoms with Crippen molar-refractivity contribution in [2.24, 2.45) is 0 Å². The molecule has 28 heavy (non-hydrogen) atoms. The Morgan fingerprint density at radius 1 is 1.11 bits per heavy atom. The number of ketones is 1. The van der Waals surface area contributed by atoms with E-state index in [1.165, 1.54) is 6.08 Å². The lowest BCUT2D eigenvalue weighted by Crippen LogP contribution is -1.99. The van der Waals surface area contributed by atoms with Gasteiger partial charge in [-0.05, 0) is 48.9 Å². The van der Waals surface area contributed by atoms with Crippen molar-refractivity contribution < 1.29 is 23.7 Å². The molecule has 0 saturated heterocycles. The van der Waals surface area contributed by atoms with E-state index in [0.29, 0.717) is 48.4 Å². The molecule has 0 amide bonds. The molecule has 0 saturated carbocycles. The maximum Gasteiger partial charge on any atom is 0.185 e. The maximum absolute atomic E-state index is 12.5. The molecule has 1 aliphatic rings. The van der Waals surface area contributed by atoms with E-state index in [2.05, 4.69) is 5.92 Å². The largest absolute Gasteiger partial charge is 0.490 e. The van der Waals surface area contributed by atoms with Gasteiger partial charge in [-0.3, -0.25) is 4.79 Å². The summed E-state index contributed by atoms with van der Waals surface area (Å²) in [5.74, 6) is 4.74. The molecule has 5 nitrogen and oxygen atoms in total. The third-order valence-corrected chi connectivity index (χ3v) is 4.04. The normalized spacial score (nSPS) is 12.9. The molecule has 3 rings (SSSR count). The standard InChI is InChI=1S/C23H22O5/c1-3-12-26-20-10-7-17(15-22(20)25-4-2)6-9-19(24)18-8-11-21-23(16-18)28-14-5-13-27-21/h1,6-11,15-16H,4-5,12-14H2,2H3/b9-6+. The Morgan fingerprint density at radius 3 is 2.71 bits per heavy atom. The molecule has 0 radical (unpaired) electrons. The highest BCUT2D eigenvalue weighted by Crippen LogP contribution is 2.31. The summed E-state index contributed by atoms with van der Waals surface area (Å²) in [6.45, 7) is 3.74. The summed E-state index contributed by atoms with van der Waals surface area (Å²) < 4.78 is 22.3. The fourth-order valence-electron chi connectivity index (χ4n) is 2.72. The molecule has 5 heteroatoms. The molecule has 2 aromatic carbocycles. The predicted molar refractivity (Wildman–Crippen MR) is 107 cm³/mol. The summed E-state index contributed by atoms with van der Waals surface area (Å²) in [4.78, 5) is 12.5. The van der Waals surface area contributed by atoms with Gasteiger partial charge in [0.1, 0.15) is 6.61 Å². The van der Waals surface area contributed by atoms with Gasteiger partial charge in [0.05, 0.1) is 19.8 Å². The molecule has 0 spiro atoms. The highest BCUT2D eigenvalue weighted by Gasteiger charge is 2.13. The number of carbonyl (C=O) groups is 1. The van der Waals surface area contributed by atoms with Gasteiger partial charge in [-0.2, -0.15) is 0 Å². The molecule has 1 heterocycles. The molecule has 0 fully saturated rings. The van der Waals surface area contributed by atoms with Crippen LogP contribution in [0, 0.1) is 12.3 Å². The number of hydrogen-bond acceptors (Lipinski definition) is 5. The van der Waals surface area contributed by atoms with Crippen LogP contribution in [0.2, 0.25) is 0 Å². The number of hydrogen-bond donors (Lipinski definition) is 0. The zero-order chi connectivity index (χ0) is 19.8. The van der Waals surface area contributed by atoms with Crippen LogP contribution in [0.1, 0.15) is 29.3 Å². The zero-order valence-corrected chi connectivity index (χ0v) is 15.8. The molecule has 0 atom stereocenters. The van der Waals surface area contributed by atoms with Crippen LogP contribution in [-0.2, 0) is 0 Å². The van der Waals surface area contributed by atoms with Gasteiger partial charge >= 0.3 is 0 Å². The zero-order valence-electron chi connectivity index (χ0n) is 15.8. The first-order valence-corrected chi connectivity index (χ1v) is 9.16. The quantitative estimate of drug-likeness (QED) is 0.411. The first-order chi connectivity index (χ1) is 13.7. The Balaban J connectivity index is 1.75. The number of ether oxygens (including phenoxy) is 4. The van der Waals surface area contributed by atoms with E-state index in [1.807, 2.05) is 19.1 Å². The second-order valence-corrected chi connectivity index (χ2v) is 6.04. The van der Waals surface area contributed by atoms with Crippen molar-refractivity contribution in [3.8, 4) is 35.3 Å². The highest BCUT2D eigenvalue weighted by molar-refractivity contribution is 6.07. The van der Waals surface area contributed by atoms with Crippen LogP contribution >= 0.6 is 0 Å². The summed E-state index contributed by atoms with van der Waals surface area (Å²) in [7, 11) is 0. The minimum Gasteiger partial charge on any atom is -0.490 e. The molecule has 0 bridgehead atoms. The van der Waals surface area contributed by atoms with Crippen LogP contribution in [-0.4, -0.2) is 32.2 Å². The molecular formula is C23H22O5. The van der Waals surface area contributed by atoms with Crippen molar-refractivity contribution in [2.45, 2.75) is 13.3 Å². The summed E-state index contributed by atoms with van der Waals surface area (Å²) >= 11 is 0. The molecule has 144 valence electrons. The lowest BCUT2D eigenvalue weighted by molar-refractivity contribution is 0.104. The van der Waals surface area contributed by atoms with E-state index in [4.69, 9.17) is 25.4 Å². The second kappa shape index (κ2) is 9.52. The predicted octanol–water partition coefficient (Wildman–Crippen LogP) is 4.15. The summed E-state index contributed by atoms with van der Waals surface area (Å²) in [5, 5.41) is 0. The molecular weight excluding hydrogens is 356 g/mol. The second-order valence-electron chi connectivity index (χ2n) is 6.04. The summed E-state index contributed by atoms with van der Waals surface area (Å²) in [6, 6.07) is 10.7. The van der Waals surface area contributed by atoms with E-state index in [9.17, 15) is 4.79 Å². The number of terminal acetylenes is 1. The Bertz CT molecular complexity index is 908. The van der Waals surface area contributed by atoms with Crippen LogP contribution in [0.5, 0.6) is 23.0 Å². The SMILES string of the molecule is C#CCOc1ccc(/C=C/C(=O)c2ccc3c(c2)OCCCO3)cc1OCC. The van der Waals surface area contributed by atoms with E-state index in [-0.39, 0.29) is 12.4 Å². The molecule has 0 unspecified atom stereocenters. The fraction of sp³-hybridized carbons (Fsp3) is 0.261. The smallest absolute Gasteiger partial charge is 0.185 e. The van der Waals surface area contributed by atoms with Crippen molar-refractivity contribution in [1.29, 1.82) is 0 Å². The average molecular weight is 378 g/mol. The van der Waals surface area contributed by atoms with Gasteiger partial charge in [-0.25, -0.2) is 0 Å². The number of fused-ring (bicyclic) bond motifs is 1. The van der Waals surface area contributed by atoms with E-state index >= 15 is 0 Å². The Labute approximate surface area is 164 Å². The molecule has 0 aromatic heterocycles. The van der Waals surface area contributed by atoms with Crippen molar-refractivity contribution in [3.05, 3.63) is 53.6 Å². The van der Waals surface area contributed by atoms with Crippen LogP contribution in [0.4, 0.5) is 0 Å². The lowest BCUT2D eigenvalue weighted by atomic mass is 10.1. The van der Waals surface area contributed by atoms with E-state index < -0.39 is 0 Å². The van der Waals surface area contributed by atoms with Gasteiger partial charge in [0.25, 0.3) is 0 Å². The summed E-state index contributed by atoms with van der Waals surface area (Å²) in [5.41, 5.74) is 1.36. The minimum atomic E-state index is -0.124. The first-order valence-electron chi connectivity index (χ1n) is 9.16. The van der Waals surface area contributed by atoms with Gasteiger partial charge < -0.3 is 18.9 Å². The topological polar surface area (TPSA) is 54.0 Å². The van der Waals surface area contributed by atoms with Crippen molar-refractivity contribution in [1.82, 2.24) is 0 Å². The van der Waals surface area contributed by atoms with Gasteiger partial charge in [-0.1, -0.05) is 18.1 Å². The third-order valence-electron chi connectivity index (χ3n) is 4.04. The van der Waals surface area contributed by atoms with Gasteiger partial charge in [0, 0.05) is 12.0 Å². The number of carbonyl (C=O) groups excluding carboxylic acids is 1. The lowest BCUT2D eigenvalue weighted by Gasteiger charge is -2.11. The van der Waals surface area contributed by atoms with Crippen LogP contribution in [0.25, 0.3) is 6.08 Å². The van der Waals surface area contributed by atoms with Crippen LogP contribution in [0.3, 0.4) is 0 Å². The van der Waals surface area contributed by atoms with Crippen molar-refractivity contribution >= 4 is 11.9 Å². The molecule has 2 aromatic rings. The highest BCUT2D eigenvalue weighted by atomic mass is 16.5. The number of allylic oxidation sites excluding steroid dienone is 1. The van der Waals surface area contributed by atoms with Crippen LogP contribution in [0.15, 0.2) is 42.5 Å². The van der Waals surface area contributed by atoms with E-state index in [0.717, 1.165) is 12.0 Å². The first kappa shape index (κ1) is 19.4. The Hall–Kier alpha value is -3.39. The monoisotopic (exact) mass is 378 g/mol. The Kier molecular flexibility index (Phi) is 6.59. The molecule has 0 N–H and O–H groups in total. The van der Waals surface area contributed by atoms with Gasteiger partial charge in [0.15, 0.2) is 28.8 Å². The van der Waals surface area contributed by atoms with Crippen molar-refractivity contribution in [3.63, 3.8) is 0 Å². The third kappa shape index (κ3) is 4.86. The van der Waals surface area contributed by atoms with Gasteiger partial charge in [0.2, 0.25) is 0 Å². The fourth-order valence-corrected chi connectivity index (χ4v) is 2.72. The molecule has 1 aliphatic heterocycles. The van der Waals surface area contributed by atoms with E-state index in [1.54, 1.807) is 30.3 Å². The summed E-state index contributed by atoms with van der Waals surface area (Å²) in [6.07, 6.45) is 9.31. The average Bonchev–Trinajstić information content (AvgIpc) is 2.96. The van der Waals surface area contributed by atoms with Crippen LogP contribution < -0.4 is 18.9 Å². The number of rotatable bonds is 7. The number of benzene rings is 2. The maximum atomic E-state index is 12.5.